The summed E-state index contributed by atoms with van der Waals surface area (Å²) in [5.41, 5.74) is 0.854. The van der Waals surface area contributed by atoms with Gasteiger partial charge in [-0.2, -0.15) is 0 Å². The molecule has 0 aliphatic rings. The molecule has 0 saturated carbocycles. The first-order valence-corrected chi connectivity index (χ1v) is 7.17. The molecule has 22 heavy (non-hydrogen) atoms. The van der Waals surface area contributed by atoms with Gasteiger partial charge in [0.2, 0.25) is 0 Å². The molecule has 1 rings (SSSR count). The van der Waals surface area contributed by atoms with Crippen molar-refractivity contribution in [3.8, 4) is 11.5 Å². The Balaban J connectivity index is 2.78. The molecule has 1 aromatic rings. The predicted octanol–water partition coefficient (Wildman–Crippen LogP) is 3.22. The molecule has 0 aromatic heterocycles. The molecule has 0 aliphatic carbocycles. The molecule has 5 heteroatoms. The Morgan fingerprint density at radius 2 is 2.00 bits per heavy atom. The summed E-state index contributed by atoms with van der Waals surface area (Å²) >= 11 is 0. The zero-order chi connectivity index (χ0) is 16.5. The zero-order valence-electron chi connectivity index (χ0n) is 13.4. The van der Waals surface area contributed by atoms with Crippen molar-refractivity contribution in [1.29, 1.82) is 0 Å². The largest absolute Gasteiger partial charge is 0.493 e. The molecule has 1 aromatic carbocycles. The van der Waals surface area contributed by atoms with Gasteiger partial charge in [-0.05, 0) is 30.2 Å². The molecule has 1 atom stereocenters. The van der Waals surface area contributed by atoms with E-state index in [1.54, 1.807) is 30.4 Å². The quantitative estimate of drug-likeness (QED) is 0.572. The number of ether oxygens (including phenoxy) is 3. The van der Waals surface area contributed by atoms with E-state index < -0.39 is 0 Å². The Labute approximate surface area is 130 Å². The topological polar surface area (TPSA) is 61.8 Å². The molecule has 0 radical (unpaired) electrons. The predicted molar refractivity (Wildman–Crippen MR) is 83.8 cm³/mol. The SMILES string of the molecule is CCC(C)C(=O)Oc1ccc(C=CCOC(C)=O)cc1OC. The lowest BCUT2D eigenvalue weighted by Gasteiger charge is -2.12. The Bertz CT molecular complexity index is 548. The molecule has 0 fully saturated rings. The Morgan fingerprint density at radius 3 is 2.59 bits per heavy atom. The van der Waals surface area contributed by atoms with E-state index >= 15 is 0 Å². The van der Waals surface area contributed by atoms with Gasteiger partial charge in [-0.25, -0.2) is 0 Å². The van der Waals surface area contributed by atoms with Crippen molar-refractivity contribution in [2.75, 3.05) is 13.7 Å². The molecule has 0 aliphatic heterocycles. The van der Waals surface area contributed by atoms with Crippen molar-refractivity contribution < 1.29 is 23.8 Å². The molecule has 0 spiro atoms. The zero-order valence-corrected chi connectivity index (χ0v) is 13.4. The fourth-order valence-corrected chi connectivity index (χ4v) is 1.60. The lowest BCUT2D eigenvalue weighted by molar-refractivity contribution is -0.140. The second-order valence-electron chi connectivity index (χ2n) is 4.85. The van der Waals surface area contributed by atoms with Gasteiger partial charge in [0.15, 0.2) is 11.5 Å². The maximum Gasteiger partial charge on any atom is 0.314 e. The lowest BCUT2D eigenvalue weighted by Crippen LogP contribution is -2.17. The highest BCUT2D eigenvalue weighted by atomic mass is 16.6. The summed E-state index contributed by atoms with van der Waals surface area (Å²) in [6.45, 7) is 5.32. The lowest BCUT2D eigenvalue weighted by atomic mass is 10.1. The molecule has 0 amide bonds. The third-order valence-corrected chi connectivity index (χ3v) is 3.11. The number of esters is 2. The third kappa shape index (κ3) is 5.60. The molecule has 0 N–H and O–H groups in total. The van der Waals surface area contributed by atoms with Crippen LogP contribution in [0.2, 0.25) is 0 Å². The second-order valence-corrected chi connectivity index (χ2v) is 4.85. The summed E-state index contributed by atoms with van der Waals surface area (Å²) in [6.07, 6.45) is 4.24. The molecular weight excluding hydrogens is 284 g/mol. The van der Waals surface area contributed by atoms with Crippen molar-refractivity contribution in [2.45, 2.75) is 27.2 Å². The van der Waals surface area contributed by atoms with Crippen LogP contribution in [-0.4, -0.2) is 25.7 Å². The van der Waals surface area contributed by atoms with Gasteiger partial charge in [-0.15, -0.1) is 0 Å². The smallest absolute Gasteiger partial charge is 0.314 e. The van der Waals surface area contributed by atoms with Gasteiger partial charge in [0, 0.05) is 6.92 Å². The van der Waals surface area contributed by atoms with Crippen molar-refractivity contribution in [3.05, 3.63) is 29.8 Å². The van der Waals surface area contributed by atoms with Crippen molar-refractivity contribution >= 4 is 18.0 Å². The van der Waals surface area contributed by atoms with Crippen molar-refractivity contribution in [3.63, 3.8) is 0 Å². The second kappa shape index (κ2) is 8.87. The summed E-state index contributed by atoms with van der Waals surface area (Å²) in [5.74, 6) is 0.109. The number of hydrogen-bond donors (Lipinski definition) is 0. The van der Waals surface area contributed by atoms with Gasteiger partial charge in [0.1, 0.15) is 6.61 Å². The van der Waals surface area contributed by atoms with E-state index in [1.807, 2.05) is 13.8 Å². The molecular formula is C17H22O5. The first kappa shape index (κ1) is 17.8. The highest BCUT2D eigenvalue weighted by Crippen LogP contribution is 2.29. The highest BCUT2D eigenvalue weighted by molar-refractivity contribution is 5.75. The van der Waals surface area contributed by atoms with Gasteiger partial charge >= 0.3 is 11.9 Å². The maximum absolute atomic E-state index is 11.8. The molecule has 1 unspecified atom stereocenters. The van der Waals surface area contributed by atoms with E-state index in [1.165, 1.54) is 14.0 Å². The van der Waals surface area contributed by atoms with E-state index in [9.17, 15) is 9.59 Å². The van der Waals surface area contributed by atoms with Crippen molar-refractivity contribution in [2.24, 2.45) is 5.92 Å². The van der Waals surface area contributed by atoms with Crippen LogP contribution in [0.4, 0.5) is 0 Å². The Hall–Kier alpha value is -2.30. The summed E-state index contributed by atoms with van der Waals surface area (Å²) in [5, 5.41) is 0. The average molecular weight is 306 g/mol. The van der Waals surface area contributed by atoms with Gasteiger partial charge in [-0.1, -0.05) is 26.0 Å². The molecule has 120 valence electrons. The number of rotatable bonds is 7. The standard InChI is InChI=1S/C17H22O5/c1-5-12(2)17(19)22-15-9-8-14(11-16(15)20-4)7-6-10-21-13(3)18/h6-9,11-12H,5,10H2,1-4H3. The average Bonchev–Trinajstić information content (AvgIpc) is 2.51. The maximum atomic E-state index is 11.8. The summed E-state index contributed by atoms with van der Waals surface area (Å²) in [6, 6.07) is 5.24. The van der Waals surface area contributed by atoms with Crippen LogP contribution in [0, 0.1) is 5.92 Å². The van der Waals surface area contributed by atoms with Gasteiger partial charge < -0.3 is 14.2 Å². The van der Waals surface area contributed by atoms with Crippen LogP contribution in [0.5, 0.6) is 11.5 Å². The number of carbonyl (C=O) groups excluding carboxylic acids is 2. The first-order chi connectivity index (χ1) is 10.5. The molecule has 5 nitrogen and oxygen atoms in total. The highest BCUT2D eigenvalue weighted by Gasteiger charge is 2.15. The normalized spacial score (nSPS) is 12.0. The Morgan fingerprint density at radius 1 is 1.27 bits per heavy atom. The number of benzene rings is 1. The first-order valence-electron chi connectivity index (χ1n) is 7.17. The summed E-state index contributed by atoms with van der Waals surface area (Å²) < 4.78 is 15.4. The molecule has 0 bridgehead atoms. The van der Waals surface area contributed by atoms with Crippen molar-refractivity contribution in [1.82, 2.24) is 0 Å². The van der Waals surface area contributed by atoms with Crippen LogP contribution < -0.4 is 9.47 Å². The van der Waals surface area contributed by atoms with E-state index in [0.29, 0.717) is 11.5 Å². The fraction of sp³-hybridized carbons (Fsp3) is 0.412. The fourth-order valence-electron chi connectivity index (χ4n) is 1.60. The monoisotopic (exact) mass is 306 g/mol. The summed E-state index contributed by atoms with van der Waals surface area (Å²) in [4.78, 5) is 22.5. The van der Waals surface area contributed by atoms with E-state index in [2.05, 4.69) is 0 Å². The Kier molecular flexibility index (Phi) is 7.16. The van der Waals surface area contributed by atoms with E-state index in [-0.39, 0.29) is 24.5 Å². The molecule has 0 saturated heterocycles. The van der Waals surface area contributed by atoms with Gasteiger partial charge in [0.05, 0.1) is 13.0 Å². The van der Waals surface area contributed by atoms with Gasteiger partial charge in [0.25, 0.3) is 0 Å². The van der Waals surface area contributed by atoms with Crippen LogP contribution in [0.25, 0.3) is 6.08 Å². The van der Waals surface area contributed by atoms with Crippen LogP contribution >= 0.6 is 0 Å². The van der Waals surface area contributed by atoms with Gasteiger partial charge in [-0.3, -0.25) is 9.59 Å². The minimum Gasteiger partial charge on any atom is -0.493 e. The van der Waals surface area contributed by atoms with Crippen LogP contribution in [0.1, 0.15) is 32.8 Å². The minimum atomic E-state index is -0.325. The van der Waals surface area contributed by atoms with Crippen LogP contribution in [0.3, 0.4) is 0 Å². The summed E-state index contributed by atoms with van der Waals surface area (Å²) in [7, 11) is 1.52. The van der Waals surface area contributed by atoms with E-state index in [4.69, 9.17) is 14.2 Å². The van der Waals surface area contributed by atoms with Crippen LogP contribution in [-0.2, 0) is 14.3 Å². The van der Waals surface area contributed by atoms with Crippen LogP contribution in [0.15, 0.2) is 24.3 Å². The number of hydrogen-bond acceptors (Lipinski definition) is 5. The molecule has 0 heterocycles. The minimum absolute atomic E-state index is 0.159. The van der Waals surface area contributed by atoms with E-state index in [0.717, 1.165) is 12.0 Å². The number of carbonyl (C=O) groups is 2. The third-order valence-electron chi connectivity index (χ3n) is 3.11. The number of methoxy groups -OCH3 is 1.